The number of thiocarbonyl (C=S) groups is 1. The minimum absolute atomic E-state index is 0.214. The van der Waals surface area contributed by atoms with Crippen molar-refractivity contribution >= 4 is 52.1 Å². The summed E-state index contributed by atoms with van der Waals surface area (Å²) in [5.41, 5.74) is 6.10. The van der Waals surface area contributed by atoms with Gasteiger partial charge in [0.2, 0.25) is 0 Å². The zero-order chi connectivity index (χ0) is 15.2. The van der Waals surface area contributed by atoms with Crippen LogP contribution in [0, 0.1) is 0 Å². The number of rotatable bonds is 2. The molecule has 0 atom stereocenters. The number of carbonyl (C=O) groups is 1. The largest absolute Gasteiger partial charge is 0.331 e. The van der Waals surface area contributed by atoms with Crippen LogP contribution < -0.4 is 16.2 Å². The zero-order valence-corrected chi connectivity index (χ0v) is 12.9. The van der Waals surface area contributed by atoms with Gasteiger partial charge >= 0.3 is 0 Å². The van der Waals surface area contributed by atoms with E-state index in [4.69, 9.17) is 35.4 Å². The van der Waals surface area contributed by atoms with Crippen molar-refractivity contribution in [2.24, 2.45) is 0 Å². The van der Waals surface area contributed by atoms with Gasteiger partial charge in [0, 0.05) is 18.1 Å². The van der Waals surface area contributed by atoms with Gasteiger partial charge in [-0.05, 0) is 42.5 Å². The molecule has 0 aliphatic carbocycles. The Labute approximate surface area is 136 Å². The Balaban J connectivity index is 1.87. The topological polar surface area (TPSA) is 66.1 Å². The first-order valence-corrected chi connectivity index (χ1v) is 6.95. The molecule has 3 N–H and O–H groups in total. The lowest BCUT2D eigenvalue weighted by Crippen LogP contribution is -2.43. The van der Waals surface area contributed by atoms with Crippen LogP contribution in [0.15, 0.2) is 42.7 Å². The molecule has 21 heavy (non-hydrogen) atoms. The second kappa shape index (κ2) is 7.21. The Morgan fingerprint density at radius 2 is 1.95 bits per heavy atom. The number of hydrazine groups is 1. The smallest absolute Gasteiger partial charge is 0.271 e. The molecule has 2 rings (SSSR count). The third-order valence-corrected chi connectivity index (χ3v) is 3.33. The van der Waals surface area contributed by atoms with Crippen LogP contribution in [0.2, 0.25) is 10.0 Å². The van der Waals surface area contributed by atoms with Crippen molar-refractivity contribution in [3.8, 4) is 0 Å². The van der Waals surface area contributed by atoms with Gasteiger partial charge in [0.25, 0.3) is 5.91 Å². The van der Waals surface area contributed by atoms with E-state index in [2.05, 4.69) is 21.2 Å². The van der Waals surface area contributed by atoms with E-state index < -0.39 is 0 Å². The van der Waals surface area contributed by atoms with Gasteiger partial charge in [-0.1, -0.05) is 23.2 Å². The van der Waals surface area contributed by atoms with Crippen LogP contribution in [0.1, 0.15) is 10.4 Å². The Morgan fingerprint density at radius 3 is 2.62 bits per heavy atom. The fourth-order valence-electron chi connectivity index (χ4n) is 1.42. The Kier molecular flexibility index (Phi) is 5.32. The average molecular weight is 341 g/mol. The normalized spacial score (nSPS) is 9.81. The molecule has 0 aliphatic heterocycles. The van der Waals surface area contributed by atoms with Gasteiger partial charge in [-0.3, -0.25) is 20.6 Å². The summed E-state index contributed by atoms with van der Waals surface area (Å²) in [5.74, 6) is -0.346. The van der Waals surface area contributed by atoms with E-state index in [1.54, 1.807) is 36.5 Å². The summed E-state index contributed by atoms with van der Waals surface area (Å²) in [7, 11) is 0. The summed E-state index contributed by atoms with van der Waals surface area (Å²) >= 11 is 16.8. The molecule has 0 spiro atoms. The van der Waals surface area contributed by atoms with Crippen LogP contribution in [-0.2, 0) is 0 Å². The van der Waals surface area contributed by atoms with E-state index in [1.807, 2.05) is 0 Å². The van der Waals surface area contributed by atoms with Crippen LogP contribution >= 0.6 is 35.4 Å². The molecule has 8 heteroatoms. The quantitative estimate of drug-likeness (QED) is 0.579. The average Bonchev–Trinajstić information content (AvgIpc) is 2.49. The maximum atomic E-state index is 11.8. The summed E-state index contributed by atoms with van der Waals surface area (Å²) in [6.45, 7) is 0. The van der Waals surface area contributed by atoms with Crippen LogP contribution in [0.5, 0.6) is 0 Å². The first-order valence-electron chi connectivity index (χ1n) is 5.78. The fourth-order valence-corrected chi connectivity index (χ4v) is 1.89. The highest BCUT2D eigenvalue weighted by Gasteiger charge is 2.06. The number of nitrogens with one attached hydrogen (secondary N) is 3. The van der Waals surface area contributed by atoms with Gasteiger partial charge in [0.15, 0.2) is 5.11 Å². The third kappa shape index (κ3) is 4.56. The van der Waals surface area contributed by atoms with Crippen LogP contribution in [0.25, 0.3) is 0 Å². The van der Waals surface area contributed by atoms with Crippen molar-refractivity contribution in [2.45, 2.75) is 0 Å². The summed E-state index contributed by atoms with van der Waals surface area (Å²) in [6, 6.07) is 8.29. The van der Waals surface area contributed by atoms with E-state index in [0.717, 1.165) is 0 Å². The highest BCUT2D eigenvalue weighted by molar-refractivity contribution is 7.80. The number of hydrogen-bond donors (Lipinski definition) is 3. The highest BCUT2D eigenvalue weighted by Crippen LogP contribution is 2.24. The number of carbonyl (C=O) groups excluding carboxylic acids is 1. The van der Waals surface area contributed by atoms with Gasteiger partial charge in [0.1, 0.15) is 0 Å². The molecule has 1 heterocycles. The van der Waals surface area contributed by atoms with E-state index in [0.29, 0.717) is 21.3 Å². The summed E-state index contributed by atoms with van der Waals surface area (Å²) in [4.78, 5) is 15.6. The summed E-state index contributed by atoms with van der Waals surface area (Å²) in [6.07, 6.45) is 3.03. The van der Waals surface area contributed by atoms with Gasteiger partial charge in [0.05, 0.1) is 15.6 Å². The van der Waals surface area contributed by atoms with Crippen LogP contribution in [-0.4, -0.2) is 16.0 Å². The lowest BCUT2D eigenvalue weighted by Gasteiger charge is -2.12. The standard InChI is InChI=1S/C13H10Cl2N4OS/c14-10-4-3-9(6-11(10)15)17-13(21)19-18-12(20)8-2-1-5-16-7-8/h1-7H,(H,18,20)(H2,17,19,21). The maximum absolute atomic E-state index is 11.8. The number of anilines is 1. The molecular formula is C13H10Cl2N4OS. The number of aromatic nitrogens is 1. The van der Waals surface area contributed by atoms with E-state index in [-0.39, 0.29) is 11.0 Å². The monoisotopic (exact) mass is 340 g/mol. The van der Waals surface area contributed by atoms with E-state index in [9.17, 15) is 4.79 Å². The van der Waals surface area contributed by atoms with Crippen molar-refractivity contribution in [3.63, 3.8) is 0 Å². The number of hydrogen-bond acceptors (Lipinski definition) is 3. The minimum atomic E-state index is -0.346. The Hall–Kier alpha value is -1.89. The summed E-state index contributed by atoms with van der Waals surface area (Å²) < 4.78 is 0. The van der Waals surface area contributed by atoms with Crippen molar-refractivity contribution < 1.29 is 4.79 Å². The second-order valence-corrected chi connectivity index (χ2v) is 5.13. The third-order valence-electron chi connectivity index (χ3n) is 2.39. The second-order valence-electron chi connectivity index (χ2n) is 3.90. The lowest BCUT2D eigenvalue weighted by molar-refractivity contribution is 0.0944. The molecule has 0 fully saturated rings. The number of nitrogens with zero attached hydrogens (tertiary/aromatic N) is 1. The Bertz CT molecular complexity index is 666. The number of pyridine rings is 1. The van der Waals surface area contributed by atoms with Gasteiger partial charge in [-0.2, -0.15) is 0 Å². The van der Waals surface area contributed by atoms with Crippen molar-refractivity contribution in [3.05, 3.63) is 58.3 Å². The SMILES string of the molecule is O=C(NNC(=S)Nc1ccc(Cl)c(Cl)c1)c1cccnc1. The molecule has 0 radical (unpaired) electrons. The number of halogens is 2. The molecule has 0 saturated carbocycles. The molecule has 0 unspecified atom stereocenters. The molecule has 0 aliphatic rings. The van der Waals surface area contributed by atoms with Crippen LogP contribution in [0.3, 0.4) is 0 Å². The van der Waals surface area contributed by atoms with Gasteiger partial charge < -0.3 is 5.32 Å². The van der Waals surface area contributed by atoms with Crippen molar-refractivity contribution in [1.29, 1.82) is 0 Å². The predicted molar refractivity (Wildman–Crippen MR) is 87.5 cm³/mol. The molecule has 0 saturated heterocycles. The molecule has 2 aromatic rings. The predicted octanol–water partition coefficient (Wildman–Crippen LogP) is 3.02. The minimum Gasteiger partial charge on any atom is -0.331 e. The molecule has 1 amide bonds. The molecule has 108 valence electrons. The Morgan fingerprint density at radius 1 is 1.14 bits per heavy atom. The number of benzene rings is 1. The zero-order valence-electron chi connectivity index (χ0n) is 10.6. The lowest BCUT2D eigenvalue weighted by atomic mass is 10.3. The molecule has 1 aromatic carbocycles. The van der Waals surface area contributed by atoms with Crippen LogP contribution in [0.4, 0.5) is 5.69 Å². The first-order chi connectivity index (χ1) is 10.1. The first kappa shape index (κ1) is 15.5. The van der Waals surface area contributed by atoms with Gasteiger partial charge in [-0.25, -0.2) is 0 Å². The van der Waals surface area contributed by atoms with Gasteiger partial charge in [-0.15, -0.1) is 0 Å². The van der Waals surface area contributed by atoms with Crippen molar-refractivity contribution in [2.75, 3.05) is 5.32 Å². The molecule has 1 aromatic heterocycles. The van der Waals surface area contributed by atoms with E-state index in [1.165, 1.54) is 6.20 Å². The number of amides is 1. The highest BCUT2D eigenvalue weighted by atomic mass is 35.5. The van der Waals surface area contributed by atoms with Crippen molar-refractivity contribution in [1.82, 2.24) is 15.8 Å². The molecular weight excluding hydrogens is 331 g/mol. The maximum Gasteiger partial charge on any atom is 0.271 e. The molecule has 0 bridgehead atoms. The fraction of sp³-hybridized carbons (Fsp3) is 0. The summed E-state index contributed by atoms with van der Waals surface area (Å²) in [5, 5.41) is 3.93. The molecule has 5 nitrogen and oxygen atoms in total. The van der Waals surface area contributed by atoms with E-state index >= 15 is 0 Å².